The van der Waals surface area contributed by atoms with Crippen LogP contribution >= 0.6 is 0 Å². The van der Waals surface area contributed by atoms with Gasteiger partial charge in [-0.15, -0.1) is 0 Å². The molecule has 1 aromatic heterocycles. The van der Waals surface area contributed by atoms with Crippen molar-refractivity contribution < 1.29 is 9.21 Å². The molecule has 0 radical (unpaired) electrons. The maximum atomic E-state index is 11.7. The van der Waals surface area contributed by atoms with Gasteiger partial charge in [0.15, 0.2) is 0 Å². The van der Waals surface area contributed by atoms with E-state index in [-0.39, 0.29) is 12.1 Å². The molecule has 0 fully saturated rings. The summed E-state index contributed by atoms with van der Waals surface area (Å²) in [5.41, 5.74) is 3.13. The molecule has 1 atom stereocenters. The zero-order chi connectivity index (χ0) is 14.8. The number of rotatable bonds is 4. The van der Waals surface area contributed by atoms with Gasteiger partial charge in [0.1, 0.15) is 5.76 Å². The molecule has 2 N–H and O–H groups in total. The molecule has 2 heterocycles. The Morgan fingerprint density at radius 3 is 3.00 bits per heavy atom. The second-order valence-electron chi connectivity index (χ2n) is 5.21. The lowest BCUT2D eigenvalue weighted by molar-refractivity contribution is 0.218. The monoisotopic (exact) mass is 285 g/mol. The molecular weight excluding hydrogens is 266 g/mol. The topological polar surface area (TPSA) is 57.5 Å². The largest absolute Gasteiger partial charge is 0.467 e. The Kier molecular flexibility index (Phi) is 3.66. The molecule has 2 amide bonds. The summed E-state index contributed by atoms with van der Waals surface area (Å²) < 4.78 is 5.54. The predicted octanol–water partition coefficient (Wildman–Crippen LogP) is 2.96. The van der Waals surface area contributed by atoms with Crippen LogP contribution in [0.5, 0.6) is 0 Å². The number of anilines is 1. The second-order valence-corrected chi connectivity index (χ2v) is 5.21. The lowest BCUT2D eigenvalue weighted by Gasteiger charge is -2.27. The first kappa shape index (κ1) is 13.7. The predicted molar refractivity (Wildman–Crippen MR) is 81.2 cm³/mol. The van der Waals surface area contributed by atoms with E-state index in [1.54, 1.807) is 18.2 Å². The molecule has 1 unspecified atom stereocenters. The van der Waals surface area contributed by atoms with Gasteiger partial charge in [-0.2, -0.15) is 0 Å². The average Bonchev–Trinajstić information content (AvgIpc) is 2.99. The minimum absolute atomic E-state index is 0.0261. The Labute approximate surface area is 123 Å². The summed E-state index contributed by atoms with van der Waals surface area (Å²) in [5.74, 6) is 0.894. The molecule has 2 aromatic rings. The van der Waals surface area contributed by atoms with Crippen molar-refractivity contribution in [3.63, 3.8) is 0 Å². The molecular formula is C16H19N3O2. The molecule has 5 heteroatoms. The molecule has 110 valence electrons. The molecule has 3 rings (SSSR count). The van der Waals surface area contributed by atoms with E-state index in [9.17, 15) is 4.79 Å². The first-order valence-corrected chi connectivity index (χ1v) is 7.10. The van der Waals surface area contributed by atoms with Gasteiger partial charge >= 0.3 is 6.03 Å². The summed E-state index contributed by atoms with van der Waals surface area (Å²) in [6.07, 6.45) is 1.69. The molecule has 1 aromatic carbocycles. The average molecular weight is 285 g/mol. The highest BCUT2D eigenvalue weighted by Gasteiger charge is 2.22. The second kappa shape index (κ2) is 5.61. The normalized spacial score (nSPS) is 15.5. The van der Waals surface area contributed by atoms with Gasteiger partial charge in [-0.1, -0.05) is 13.0 Å². The Morgan fingerprint density at radius 1 is 1.43 bits per heavy atom. The molecule has 0 bridgehead atoms. The number of carbonyl (C=O) groups excluding carboxylic acids is 1. The van der Waals surface area contributed by atoms with Crippen molar-refractivity contribution in [3.05, 3.63) is 53.5 Å². The Morgan fingerprint density at radius 2 is 2.29 bits per heavy atom. The van der Waals surface area contributed by atoms with Crippen LogP contribution in [0, 0.1) is 0 Å². The third-order valence-electron chi connectivity index (χ3n) is 3.69. The number of fused-ring (bicyclic) bond motifs is 1. The Bertz CT molecular complexity index is 637. The fourth-order valence-corrected chi connectivity index (χ4v) is 2.63. The van der Waals surface area contributed by atoms with Gasteiger partial charge in [-0.3, -0.25) is 0 Å². The van der Waals surface area contributed by atoms with Crippen LogP contribution in [0.4, 0.5) is 10.5 Å². The summed E-state index contributed by atoms with van der Waals surface area (Å²) in [4.78, 5) is 13.3. The molecule has 0 saturated heterocycles. The zero-order valence-electron chi connectivity index (χ0n) is 12.2. The molecule has 0 saturated carbocycles. The van der Waals surface area contributed by atoms with Crippen molar-refractivity contribution in [2.24, 2.45) is 0 Å². The molecule has 0 aliphatic carbocycles. The van der Waals surface area contributed by atoms with E-state index in [4.69, 9.17) is 4.42 Å². The van der Waals surface area contributed by atoms with Crippen molar-refractivity contribution in [2.75, 3.05) is 18.9 Å². The van der Waals surface area contributed by atoms with Crippen LogP contribution in [0.3, 0.4) is 0 Å². The maximum absolute atomic E-state index is 11.7. The highest BCUT2D eigenvalue weighted by molar-refractivity contribution is 5.92. The van der Waals surface area contributed by atoms with Crippen molar-refractivity contribution in [3.8, 4) is 0 Å². The quantitative estimate of drug-likeness (QED) is 0.908. The Hall–Kier alpha value is -2.27. The summed E-state index contributed by atoms with van der Waals surface area (Å²) in [6.45, 7) is 3.54. The third kappa shape index (κ3) is 2.64. The van der Waals surface area contributed by atoms with E-state index in [0.717, 1.165) is 29.1 Å². The number of hydrogen-bond donors (Lipinski definition) is 2. The minimum atomic E-state index is -0.0653. The van der Waals surface area contributed by atoms with Crippen LogP contribution < -0.4 is 10.6 Å². The van der Waals surface area contributed by atoms with Crippen LogP contribution in [-0.2, 0) is 6.54 Å². The molecule has 1 aliphatic heterocycles. The van der Waals surface area contributed by atoms with Crippen LogP contribution in [0.1, 0.15) is 29.9 Å². The molecule has 21 heavy (non-hydrogen) atoms. The fourth-order valence-electron chi connectivity index (χ4n) is 2.63. The summed E-state index contributed by atoms with van der Waals surface area (Å²) in [7, 11) is 1.79. The van der Waals surface area contributed by atoms with Gasteiger partial charge in [0, 0.05) is 19.3 Å². The number of nitrogens with one attached hydrogen (secondary N) is 2. The van der Waals surface area contributed by atoms with Crippen LogP contribution in [0.15, 0.2) is 41.0 Å². The van der Waals surface area contributed by atoms with E-state index >= 15 is 0 Å². The molecule has 1 aliphatic rings. The maximum Gasteiger partial charge on any atom is 0.321 e. The van der Waals surface area contributed by atoms with Gasteiger partial charge in [0.05, 0.1) is 12.3 Å². The fraction of sp³-hybridized carbons (Fsp3) is 0.312. The number of furan rings is 1. The molecule has 0 spiro atoms. The van der Waals surface area contributed by atoms with Gasteiger partial charge in [0.2, 0.25) is 0 Å². The van der Waals surface area contributed by atoms with Crippen molar-refractivity contribution in [2.45, 2.75) is 19.5 Å². The minimum Gasteiger partial charge on any atom is -0.467 e. The smallest absolute Gasteiger partial charge is 0.321 e. The summed E-state index contributed by atoms with van der Waals surface area (Å²) in [5, 5.41) is 6.32. The lowest BCUT2D eigenvalue weighted by Crippen LogP contribution is -2.35. The number of urea groups is 1. The van der Waals surface area contributed by atoms with Crippen molar-refractivity contribution in [1.29, 1.82) is 0 Å². The highest BCUT2D eigenvalue weighted by atomic mass is 16.3. The number of amides is 2. The Balaban J connectivity index is 1.95. The third-order valence-corrected chi connectivity index (χ3v) is 3.69. The van der Waals surface area contributed by atoms with E-state index in [2.05, 4.69) is 23.6 Å². The summed E-state index contributed by atoms with van der Waals surface area (Å²) in [6, 6.07) is 9.94. The number of carbonyl (C=O) groups is 1. The van der Waals surface area contributed by atoms with Crippen LogP contribution in [0.25, 0.3) is 0 Å². The van der Waals surface area contributed by atoms with E-state index in [1.165, 1.54) is 0 Å². The van der Waals surface area contributed by atoms with E-state index in [0.29, 0.717) is 6.54 Å². The number of benzene rings is 1. The van der Waals surface area contributed by atoms with Crippen LogP contribution in [-0.4, -0.2) is 24.5 Å². The van der Waals surface area contributed by atoms with Gasteiger partial charge in [-0.05, 0) is 41.9 Å². The zero-order valence-corrected chi connectivity index (χ0v) is 12.2. The van der Waals surface area contributed by atoms with Gasteiger partial charge in [0.25, 0.3) is 0 Å². The standard InChI is InChI=1S/C16H19N3O2/c1-3-17-15(14-5-4-8-21-14)11-6-7-13-12(9-11)10-19(2)16(20)18-13/h4-9,15,17H,3,10H2,1-2H3,(H,18,20). The van der Waals surface area contributed by atoms with Crippen molar-refractivity contribution in [1.82, 2.24) is 10.2 Å². The molecule has 5 nitrogen and oxygen atoms in total. The highest BCUT2D eigenvalue weighted by Crippen LogP contribution is 2.29. The van der Waals surface area contributed by atoms with E-state index < -0.39 is 0 Å². The van der Waals surface area contributed by atoms with Gasteiger partial charge in [-0.25, -0.2) is 4.79 Å². The van der Waals surface area contributed by atoms with Gasteiger partial charge < -0.3 is 20.0 Å². The van der Waals surface area contributed by atoms with E-state index in [1.807, 2.05) is 24.3 Å². The summed E-state index contributed by atoms with van der Waals surface area (Å²) >= 11 is 0. The van der Waals surface area contributed by atoms with Crippen molar-refractivity contribution >= 4 is 11.7 Å². The lowest BCUT2D eigenvalue weighted by atomic mass is 9.99. The SMILES string of the molecule is CCNC(c1ccc2c(c1)CN(C)C(=O)N2)c1ccco1. The number of hydrogen-bond acceptors (Lipinski definition) is 3. The van der Waals surface area contributed by atoms with Crippen LogP contribution in [0.2, 0.25) is 0 Å². The first-order chi connectivity index (χ1) is 10.2. The first-order valence-electron chi connectivity index (χ1n) is 7.10. The number of nitrogens with zero attached hydrogens (tertiary/aromatic N) is 1.